The van der Waals surface area contributed by atoms with Gasteiger partial charge >= 0.3 is 5.69 Å². The molecule has 0 atom stereocenters. The van der Waals surface area contributed by atoms with Gasteiger partial charge in [0.25, 0.3) is 5.56 Å². The third-order valence-corrected chi connectivity index (χ3v) is 1.91. The van der Waals surface area contributed by atoms with Crippen molar-refractivity contribution in [3.8, 4) is 0 Å². The molecule has 0 aliphatic carbocycles. The van der Waals surface area contributed by atoms with E-state index in [0.717, 1.165) is 17.4 Å². The van der Waals surface area contributed by atoms with Gasteiger partial charge in [-0.05, 0) is 6.42 Å². The number of hydrogen-bond acceptors (Lipinski definition) is 4. The third-order valence-electron chi connectivity index (χ3n) is 1.91. The molecule has 78 valence electrons. The van der Waals surface area contributed by atoms with Crippen LogP contribution in [0.5, 0.6) is 0 Å². The largest absolute Gasteiger partial charge is 0.329 e. The number of H-pyrrole nitrogens is 1. The van der Waals surface area contributed by atoms with Crippen LogP contribution in [0, 0.1) is 0 Å². The Labute approximate surface area is 80.7 Å². The predicted octanol–water partition coefficient (Wildman–Crippen LogP) is -0.378. The Morgan fingerprint density at radius 1 is 1.57 bits per heavy atom. The molecule has 1 aromatic heterocycles. The highest BCUT2D eigenvalue weighted by Gasteiger charge is 2.02. The van der Waals surface area contributed by atoms with Crippen LogP contribution in [-0.4, -0.2) is 9.55 Å². The molecule has 0 amide bonds. The van der Waals surface area contributed by atoms with Crippen molar-refractivity contribution in [2.75, 3.05) is 5.43 Å². The second kappa shape index (κ2) is 4.61. The number of hydrazine groups is 1. The van der Waals surface area contributed by atoms with Crippen LogP contribution in [0.4, 0.5) is 5.82 Å². The summed E-state index contributed by atoms with van der Waals surface area (Å²) < 4.78 is 1.16. The second-order valence-corrected chi connectivity index (χ2v) is 2.98. The Balaban J connectivity index is 3.06. The van der Waals surface area contributed by atoms with E-state index in [0.29, 0.717) is 6.54 Å². The Kier molecular flexibility index (Phi) is 3.47. The first kappa shape index (κ1) is 10.5. The van der Waals surface area contributed by atoms with Gasteiger partial charge in [0, 0.05) is 12.6 Å². The zero-order chi connectivity index (χ0) is 10.6. The van der Waals surface area contributed by atoms with Crippen LogP contribution in [0.25, 0.3) is 0 Å². The Morgan fingerprint density at radius 2 is 2.29 bits per heavy atom. The fourth-order valence-corrected chi connectivity index (χ4v) is 1.13. The Hall–Kier alpha value is -1.56. The van der Waals surface area contributed by atoms with Gasteiger partial charge in [0.05, 0.1) is 0 Å². The number of nitrogens with one attached hydrogen (secondary N) is 2. The van der Waals surface area contributed by atoms with Crippen LogP contribution < -0.4 is 22.5 Å². The maximum Gasteiger partial charge on any atom is 0.329 e. The van der Waals surface area contributed by atoms with E-state index in [1.54, 1.807) is 0 Å². The highest BCUT2D eigenvalue weighted by atomic mass is 16.2. The van der Waals surface area contributed by atoms with Crippen LogP contribution in [0.2, 0.25) is 0 Å². The van der Waals surface area contributed by atoms with Gasteiger partial charge in [-0.15, -0.1) is 0 Å². The van der Waals surface area contributed by atoms with Gasteiger partial charge in [-0.1, -0.05) is 13.3 Å². The number of nitrogens with zero attached hydrogens (tertiary/aromatic N) is 1. The second-order valence-electron chi connectivity index (χ2n) is 2.98. The minimum Gasteiger partial charge on any atom is -0.310 e. The van der Waals surface area contributed by atoms with Crippen molar-refractivity contribution in [1.29, 1.82) is 0 Å². The lowest BCUT2D eigenvalue weighted by Crippen LogP contribution is -2.35. The van der Waals surface area contributed by atoms with E-state index in [1.165, 1.54) is 6.07 Å². The van der Waals surface area contributed by atoms with Crippen molar-refractivity contribution in [3.63, 3.8) is 0 Å². The molecule has 0 spiro atoms. The first-order valence-electron chi connectivity index (χ1n) is 4.49. The van der Waals surface area contributed by atoms with Crippen LogP contribution in [-0.2, 0) is 6.54 Å². The van der Waals surface area contributed by atoms with Crippen molar-refractivity contribution < 1.29 is 0 Å². The van der Waals surface area contributed by atoms with Gasteiger partial charge in [-0.25, -0.2) is 10.6 Å². The zero-order valence-electron chi connectivity index (χ0n) is 8.04. The molecule has 6 heteroatoms. The van der Waals surface area contributed by atoms with Crippen molar-refractivity contribution in [3.05, 3.63) is 26.9 Å². The maximum atomic E-state index is 11.4. The highest BCUT2D eigenvalue weighted by molar-refractivity contribution is 5.29. The van der Waals surface area contributed by atoms with Crippen molar-refractivity contribution in [1.82, 2.24) is 9.55 Å². The molecule has 0 aromatic carbocycles. The van der Waals surface area contributed by atoms with E-state index in [2.05, 4.69) is 10.4 Å². The van der Waals surface area contributed by atoms with E-state index in [4.69, 9.17) is 5.84 Å². The molecule has 6 nitrogen and oxygen atoms in total. The lowest BCUT2D eigenvalue weighted by Gasteiger charge is -2.04. The number of aromatic nitrogens is 2. The molecule has 0 aliphatic heterocycles. The molecule has 0 saturated heterocycles. The quantitative estimate of drug-likeness (QED) is 0.454. The summed E-state index contributed by atoms with van der Waals surface area (Å²) in [5.74, 6) is 5.30. The minimum atomic E-state index is -0.432. The molecule has 0 saturated carbocycles. The lowest BCUT2D eigenvalue weighted by atomic mass is 10.3. The third kappa shape index (κ3) is 2.23. The van der Waals surface area contributed by atoms with Gasteiger partial charge < -0.3 is 5.43 Å². The topological polar surface area (TPSA) is 92.9 Å². The summed E-state index contributed by atoms with van der Waals surface area (Å²) >= 11 is 0. The molecular formula is C8H14N4O2. The summed E-state index contributed by atoms with van der Waals surface area (Å²) in [7, 11) is 0. The van der Waals surface area contributed by atoms with Gasteiger partial charge in [0.2, 0.25) is 0 Å². The zero-order valence-corrected chi connectivity index (χ0v) is 8.04. The van der Waals surface area contributed by atoms with Crippen LogP contribution in [0.3, 0.4) is 0 Å². The number of hydrogen-bond donors (Lipinski definition) is 3. The molecule has 0 unspecified atom stereocenters. The number of rotatable bonds is 4. The minimum absolute atomic E-state index is 0.229. The average Bonchev–Trinajstić information content (AvgIpc) is 2.16. The molecule has 1 rings (SSSR count). The SMILES string of the molecule is CCCCn1c(=O)cc(NN)[nH]c1=O. The molecule has 1 aromatic rings. The van der Waals surface area contributed by atoms with Gasteiger partial charge in [-0.3, -0.25) is 14.3 Å². The predicted molar refractivity (Wildman–Crippen MR) is 54.0 cm³/mol. The smallest absolute Gasteiger partial charge is 0.310 e. The van der Waals surface area contributed by atoms with E-state index in [9.17, 15) is 9.59 Å². The average molecular weight is 198 g/mol. The van der Waals surface area contributed by atoms with E-state index in [1.807, 2.05) is 6.92 Å². The summed E-state index contributed by atoms with van der Waals surface area (Å²) in [6, 6.07) is 1.26. The van der Waals surface area contributed by atoms with E-state index in [-0.39, 0.29) is 11.4 Å². The summed E-state index contributed by atoms with van der Waals surface area (Å²) in [6.45, 7) is 2.44. The molecule has 1 heterocycles. The number of aromatic amines is 1. The van der Waals surface area contributed by atoms with Crippen molar-refractivity contribution >= 4 is 5.82 Å². The monoisotopic (exact) mass is 198 g/mol. The lowest BCUT2D eigenvalue weighted by molar-refractivity contribution is 0.584. The standard InChI is InChI=1S/C8H14N4O2/c1-2-3-4-12-7(13)5-6(11-9)10-8(12)14/h5,11H,2-4,9H2,1H3,(H,10,14). The molecule has 0 bridgehead atoms. The normalized spacial score (nSPS) is 10.1. The highest BCUT2D eigenvalue weighted by Crippen LogP contribution is 1.91. The summed E-state index contributed by atoms with van der Waals surface area (Å²) in [6.07, 6.45) is 1.74. The summed E-state index contributed by atoms with van der Waals surface area (Å²) in [5.41, 5.74) is 1.45. The first-order valence-corrected chi connectivity index (χ1v) is 4.49. The van der Waals surface area contributed by atoms with Crippen LogP contribution in [0.15, 0.2) is 15.7 Å². The van der Waals surface area contributed by atoms with Crippen LogP contribution in [0.1, 0.15) is 19.8 Å². The molecular weight excluding hydrogens is 184 g/mol. The molecule has 4 N–H and O–H groups in total. The number of nitrogen functional groups attached to an aromatic ring is 1. The van der Waals surface area contributed by atoms with Crippen molar-refractivity contribution in [2.45, 2.75) is 26.3 Å². The van der Waals surface area contributed by atoms with Crippen LogP contribution >= 0.6 is 0 Å². The van der Waals surface area contributed by atoms with Gasteiger partial charge in [-0.2, -0.15) is 0 Å². The number of nitrogens with two attached hydrogens (primary N) is 1. The fourth-order valence-electron chi connectivity index (χ4n) is 1.13. The maximum absolute atomic E-state index is 11.4. The van der Waals surface area contributed by atoms with Gasteiger partial charge in [0.15, 0.2) is 0 Å². The summed E-state index contributed by atoms with van der Waals surface area (Å²) in [4.78, 5) is 25.2. The Morgan fingerprint density at radius 3 is 2.79 bits per heavy atom. The molecule has 0 fully saturated rings. The number of unbranched alkanes of at least 4 members (excludes halogenated alkanes) is 1. The van der Waals surface area contributed by atoms with Gasteiger partial charge in [0.1, 0.15) is 5.82 Å². The van der Waals surface area contributed by atoms with Crippen molar-refractivity contribution in [2.24, 2.45) is 5.84 Å². The van der Waals surface area contributed by atoms with E-state index < -0.39 is 5.69 Å². The molecule has 14 heavy (non-hydrogen) atoms. The molecule has 0 aliphatic rings. The summed E-state index contributed by atoms with van der Waals surface area (Å²) in [5, 5.41) is 0. The fraction of sp³-hybridized carbons (Fsp3) is 0.500. The van der Waals surface area contributed by atoms with E-state index >= 15 is 0 Å². The molecule has 0 radical (unpaired) electrons. The Bertz CT molecular complexity index is 375. The first-order chi connectivity index (χ1) is 6.69. The number of anilines is 1.